The molecule has 0 bridgehead atoms. The van der Waals surface area contributed by atoms with Crippen molar-refractivity contribution < 1.29 is 9.53 Å². The maximum absolute atomic E-state index is 11.8. The summed E-state index contributed by atoms with van der Waals surface area (Å²) in [5.41, 5.74) is 8.36. The van der Waals surface area contributed by atoms with Gasteiger partial charge in [-0.1, -0.05) is 36.4 Å². The molecule has 0 atom stereocenters. The normalized spacial score (nSPS) is 10.3. The van der Waals surface area contributed by atoms with E-state index in [4.69, 9.17) is 17.0 Å². The van der Waals surface area contributed by atoms with Crippen LogP contribution < -0.4 is 20.9 Å². The van der Waals surface area contributed by atoms with E-state index in [1.54, 1.807) is 13.2 Å². The fourth-order valence-corrected chi connectivity index (χ4v) is 2.19. The number of thiocarbonyl (C=S) groups is 1. The van der Waals surface area contributed by atoms with Gasteiger partial charge in [0.2, 0.25) is 0 Å². The van der Waals surface area contributed by atoms with Gasteiger partial charge in [-0.2, -0.15) is 0 Å². The Bertz CT molecular complexity index is 758. The van der Waals surface area contributed by atoms with E-state index in [1.165, 1.54) is 6.08 Å². The highest BCUT2D eigenvalue weighted by Crippen LogP contribution is 2.11. The fraction of sp³-hybridized carbons (Fsp3) is 0.158. The third-order valence-corrected chi connectivity index (χ3v) is 3.76. The molecule has 6 heteroatoms. The Kier molecular flexibility index (Phi) is 6.98. The summed E-state index contributed by atoms with van der Waals surface area (Å²) < 4.78 is 5.11. The summed E-state index contributed by atoms with van der Waals surface area (Å²) in [4.78, 5) is 11.8. The third kappa shape index (κ3) is 6.27. The Balaban J connectivity index is 1.73. The molecule has 0 aliphatic carbocycles. The quantitative estimate of drug-likeness (QED) is 0.437. The van der Waals surface area contributed by atoms with Crippen molar-refractivity contribution in [2.45, 2.75) is 13.5 Å². The van der Waals surface area contributed by atoms with E-state index in [9.17, 15) is 4.79 Å². The third-order valence-electron chi connectivity index (χ3n) is 3.51. The first-order chi connectivity index (χ1) is 12.1. The van der Waals surface area contributed by atoms with Crippen molar-refractivity contribution in [3.05, 3.63) is 71.3 Å². The molecule has 0 aliphatic heterocycles. The first-order valence-electron chi connectivity index (χ1n) is 7.79. The van der Waals surface area contributed by atoms with Crippen LogP contribution in [0.5, 0.6) is 5.75 Å². The van der Waals surface area contributed by atoms with Crippen molar-refractivity contribution in [3.8, 4) is 5.75 Å². The molecule has 2 aromatic rings. The first-order valence-corrected chi connectivity index (χ1v) is 8.20. The van der Waals surface area contributed by atoms with E-state index in [1.807, 2.05) is 55.5 Å². The van der Waals surface area contributed by atoms with Gasteiger partial charge in [0.15, 0.2) is 5.11 Å². The van der Waals surface area contributed by atoms with E-state index in [2.05, 4.69) is 16.2 Å². The minimum Gasteiger partial charge on any atom is -0.497 e. The summed E-state index contributed by atoms with van der Waals surface area (Å²) in [6, 6.07) is 15.5. The van der Waals surface area contributed by atoms with Crippen LogP contribution in [0, 0.1) is 6.92 Å². The lowest BCUT2D eigenvalue weighted by molar-refractivity contribution is -0.116. The maximum atomic E-state index is 11.8. The lowest BCUT2D eigenvalue weighted by Gasteiger charge is -2.11. The second-order valence-corrected chi connectivity index (χ2v) is 5.74. The van der Waals surface area contributed by atoms with Crippen LogP contribution in [0.25, 0.3) is 6.08 Å². The molecule has 130 valence electrons. The summed E-state index contributed by atoms with van der Waals surface area (Å²) in [7, 11) is 1.63. The van der Waals surface area contributed by atoms with Crippen molar-refractivity contribution in [3.63, 3.8) is 0 Å². The van der Waals surface area contributed by atoms with Crippen molar-refractivity contribution >= 4 is 29.3 Å². The number of benzene rings is 2. The van der Waals surface area contributed by atoms with Gasteiger partial charge in [0, 0.05) is 12.6 Å². The molecule has 3 N–H and O–H groups in total. The van der Waals surface area contributed by atoms with Crippen LogP contribution >= 0.6 is 12.2 Å². The second-order valence-electron chi connectivity index (χ2n) is 5.33. The largest absolute Gasteiger partial charge is 0.497 e. The Morgan fingerprint density at radius 2 is 1.84 bits per heavy atom. The Hall–Kier alpha value is -2.86. The molecule has 0 heterocycles. The van der Waals surface area contributed by atoms with Gasteiger partial charge in [-0.15, -0.1) is 0 Å². The molecule has 0 unspecified atom stereocenters. The number of ether oxygens (including phenoxy) is 1. The Labute approximate surface area is 153 Å². The number of hydrazine groups is 1. The molecule has 2 rings (SSSR count). The lowest BCUT2D eigenvalue weighted by Crippen LogP contribution is -2.45. The van der Waals surface area contributed by atoms with Crippen molar-refractivity contribution in [1.82, 2.24) is 16.2 Å². The average Bonchev–Trinajstić information content (AvgIpc) is 2.64. The molecule has 25 heavy (non-hydrogen) atoms. The van der Waals surface area contributed by atoms with E-state index in [0.29, 0.717) is 11.7 Å². The summed E-state index contributed by atoms with van der Waals surface area (Å²) in [6.45, 7) is 2.54. The predicted octanol–water partition coefficient (Wildman–Crippen LogP) is 2.71. The molecule has 5 nitrogen and oxygen atoms in total. The molecule has 0 fully saturated rings. The van der Waals surface area contributed by atoms with E-state index in [-0.39, 0.29) is 5.91 Å². The van der Waals surface area contributed by atoms with Gasteiger partial charge >= 0.3 is 0 Å². The molecule has 0 saturated heterocycles. The Morgan fingerprint density at radius 1 is 1.12 bits per heavy atom. The van der Waals surface area contributed by atoms with Crippen LogP contribution in [0.1, 0.15) is 16.7 Å². The minimum absolute atomic E-state index is 0.281. The number of carbonyl (C=O) groups is 1. The molecule has 0 radical (unpaired) electrons. The van der Waals surface area contributed by atoms with Crippen LogP contribution in [-0.4, -0.2) is 18.1 Å². The topological polar surface area (TPSA) is 62.4 Å². The number of aryl methyl sites for hydroxylation is 1. The smallest absolute Gasteiger partial charge is 0.262 e. The first kappa shape index (κ1) is 18.5. The van der Waals surface area contributed by atoms with Gasteiger partial charge in [-0.3, -0.25) is 15.6 Å². The fourth-order valence-electron chi connectivity index (χ4n) is 2.07. The zero-order valence-electron chi connectivity index (χ0n) is 14.2. The van der Waals surface area contributed by atoms with Gasteiger partial charge in [-0.05, 0) is 54.0 Å². The number of amides is 1. The number of hydrogen-bond donors (Lipinski definition) is 3. The number of methoxy groups -OCH3 is 1. The van der Waals surface area contributed by atoms with E-state index >= 15 is 0 Å². The van der Waals surface area contributed by atoms with Crippen molar-refractivity contribution in [2.24, 2.45) is 0 Å². The molecule has 1 amide bonds. The Morgan fingerprint density at radius 3 is 2.52 bits per heavy atom. The monoisotopic (exact) mass is 355 g/mol. The van der Waals surface area contributed by atoms with E-state index in [0.717, 1.165) is 22.4 Å². The molecule has 0 spiro atoms. The van der Waals surface area contributed by atoms with Crippen molar-refractivity contribution in [2.75, 3.05) is 7.11 Å². The van der Waals surface area contributed by atoms with Crippen LogP contribution in [0.2, 0.25) is 0 Å². The van der Waals surface area contributed by atoms with Crippen LogP contribution in [0.3, 0.4) is 0 Å². The van der Waals surface area contributed by atoms with E-state index < -0.39 is 0 Å². The number of hydrogen-bond acceptors (Lipinski definition) is 3. The highest BCUT2D eigenvalue weighted by molar-refractivity contribution is 7.80. The summed E-state index contributed by atoms with van der Waals surface area (Å²) in [6.07, 6.45) is 3.22. The number of nitrogens with one attached hydrogen (secondary N) is 3. The maximum Gasteiger partial charge on any atom is 0.262 e. The van der Waals surface area contributed by atoms with Gasteiger partial charge in [-0.25, -0.2) is 0 Å². The van der Waals surface area contributed by atoms with Gasteiger partial charge in [0.1, 0.15) is 5.75 Å². The van der Waals surface area contributed by atoms with Gasteiger partial charge < -0.3 is 10.1 Å². The molecule has 2 aromatic carbocycles. The van der Waals surface area contributed by atoms with Crippen LogP contribution in [0.4, 0.5) is 0 Å². The summed E-state index contributed by atoms with van der Waals surface area (Å²) in [5, 5.41) is 3.36. The molecule has 0 aromatic heterocycles. The zero-order valence-corrected chi connectivity index (χ0v) is 15.0. The molecule has 0 aliphatic rings. The van der Waals surface area contributed by atoms with Crippen LogP contribution in [-0.2, 0) is 11.3 Å². The van der Waals surface area contributed by atoms with Crippen molar-refractivity contribution in [1.29, 1.82) is 0 Å². The summed E-state index contributed by atoms with van der Waals surface area (Å²) >= 11 is 5.13. The molecular weight excluding hydrogens is 334 g/mol. The second kappa shape index (κ2) is 9.44. The highest BCUT2D eigenvalue weighted by Gasteiger charge is 2.00. The average molecular weight is 355 g/mol. The van der Waals surface area contributed by atoms with Gasteiger partial charge in [0.05, 0.1) is 7.11 Å². The zero-order chi connectivity index (χ0) is 18.1. The van der Waals surface area contributed by atoms with Crippen LogP contribution in [0.15, 0.2) is 54.6 Å². The standard InChI is InChI=1S/C19H21N3O2S/c1-14-5-3-4-6-16(14)9-12-18(23)21-22-19(25)20-13-15-7-10-17(24-2)11-8-15/h3-12H,13H2,1-2H3,(H,21,23)(H2,20,22,25)/b12-9+. The SMILES string of the molecule is COc1ccc(CNC(=S)NNC(=O)/C=C/c2ccccc2C)cc1. The highest BCUT2D eigenvalue weighted by atomic mass is 32.1. The summed E-state index contributed by atoms with van der Waals surface area (Å²) in [5.74, 6) is 0.522. The molecule has 0 saturated carbocycles. The predicted molar refractivity (Wildman–Crippen MR) is 104 cm³/mol. The number of carbonyl (C=O) groups excluding carboxylic acids is 1. The van der Waals surface area contributed by atoms with Gasteiger partial charge in [0.25, 0.3) is 5.91 Å². The lowest BCUT2D eigenvalue weighted by atomic mass is 10.1. The molecular formula is C19H21N3O2S. The minimum atomic E-state index is -0.281. The number of rotatable bonds is 5.